The molecule has 2 aliphatic heterocycles. The van der Waals surface area contributed by atoms with E-state index in [0.29, 0.717) is 6.54 Å². The Labute approximate surface area is 180 Å². The fraction of sp³-hybridized carbons (Fsp3) is 0.652. The molecule has 0 spiro atoms. The number of amides is 1. The number of hydrogen-bond acceptors (Lipinski definition) is 6. The summed E-state index contributed by atoms with van der Waals surface area (Å²) in [5, 5.41) is 3.56. The number of aromatic nitrogens is 1. The van der Waals surface area contributed by atoms with Crippen molar-refractivity contribution < 1.29 is 14.3 Å². The Morgan fingerprint density at radius 1 is 1.30 bits per heavy atom. The van der Waals surface area contributed by atoms with Crippen LogP contribution in [0.4, 0.5) is 10.5 Å². The molecule has 0 bridgehead atoms. The topological polar surface area (TPSA) is 66.9 Å². The summed E-state index contributed by atoms with van der Waals surface area (Å²) in [5.74, 6) is 6.38. The van der Waals surface area contributed by atoms with Crippen molar-refractivity contribution in [2.24, 2.45) is 0 Å². The average molecular weight is 415 g/mol. The number of rotatable bonds is 3. The molecular formula is C23H34N4O3. The van der Waals surface area contributed by atoms with Crippen LogP contribution in [0.5, 0.6) is 0 Å². The van der Waals surface area contributed by atoms with Gasteiger partial charge in [-0.25, -0.2) is 9.78 Å². The third kappa shape index (κ3) is 7.51. The number of nitrogens with zero attached hydrogens (tertiary/aromatic N) is 3. The molecule has 1 amide bonds. The number of morpholine rings is 1. The van der Waals surface area contributed by atoms with Crippen molar-refractivity contribution in [3.05, 3.63) is 24.0 Å². The average Bonchev–Trinajstić information content (AvgIpc) is 2.94. The summed E-state index contributed by atoms with van der Waals surface area (Å²) < 4.78 is 10.9. The lowest BCUT2D eigenvalue weighted by Gasteiger charge is -2.29. The van der Waals surface area contributed by atoms with Crippen molar-refractivity contribution >= 4 is 11.8 Å². The van der Waals surface area contributed by atoms with Gasteiger partial charge in [-0.1, -0.05) is 5.92 Å². The van der Waals surface area contributed by atoms with E-state index in [4.69, 9.17) is 9.47 Å². The van der Waals surface area contributed by atoms with Crippen LogP contribution in [-0.4, -0.2) is 78.5 Å². The fourth-order valence-electron chi connectivity index (χ4n) is 3.58. The van der Waals surface area contributed by atoms with E-state index in [1.165, 1.54) is 0 Å². The first-order valence-electron chi connectivity index (χ1n) is 10.9. The van der Waals surface area contributed by atoms with Crippen LogP contribution in [0.25, 0.3) is 0 Å². The van der Waals surface area contributed by atoms with Gasteiger partial charge in [0, 0.05) is 44.1 Å². The Morgan fingerprint density at radius 3 is 2.87 bits per heavy atom. The molecule has 0 aliphatic carbocycles. The minimum absolute atomic E-state index is 0.177. The van der Waals surface area contributed by atoms with Crippen molar-refractivity contribution in [3.63, 3.8) is 0 Å². The zero-order valence-electron chi connectivity index (χ0n) is 18.4. The fourth-order valence-corrected chi connectivity index (χ4v) is 3.58. The third-order valence-electron chi connectivity index (χ3n) is 5.08. The molecular weight excluding hydrogens is 380 g/mol. The maximum absolute atomic E-state index is 12.5. The van der Waals surface area contributed by atoms with Crippen LogP contribution in [0.15, 0.2) is 18.3 Å². The second kappa shape index (κ2) is 10.6. The first-order valence-corrected chi connectivity index (χ1v) is 10.9. The summed E-state index contributed by atoms with van der Waals surface area (Å²) >= 11 is 0. The highest BCUT2D eigenvalue weighted by atomic mass is 16.6. The Hall–Kier alpha value is -2.30. The van der Waals surface area contributed by atoms with Gasteiger partial charge in [-0.2, -0.15) is 0 Å². The zero-order valence-corrected chi connectivity index (χ0v) is 18.4. The van der Waals surface area contributed by atoms with Crippen LogP contribution < -0.4 is 5.32 Å². The number of hydrogen-bond donors (Lipinski definition) is 1. The van der Waals surface area contributed by atoms with Crippen molar-refractivity contribution in [1.29, 1.82) is 0 Å². The standard InChI is InChI=1S/C23H34N4O3/c1-23(2,3)30-22(28)27-12-5-4-7-21(18-27)25-20-9-10-24-19(17-20)8-6-11-26-13-15-29-16-14-26/h9-10,17,21H,4-5,7,11-16,18H2,1-3H3,(H,24,25). The van der Waals surface area contributed by atoms with Crippen LogP contribution in [0.1, 0.15) is 45.7 Å². The van der Waals surface area contributed by atoms with Crippen LogP contribution in [0, 0.1) is 11.8 Å². The Kier molecular flexibility index (Phi) is 7.94. The molecule has 1 atom stereocenters. The van der Waals surface area contributed by atoms with Gasteiger partial charge in [-0.05, 0) is 58.1 Å². The lowest BCUT2D eigenvalue weighted by Crippen LogP contribution is -2.42. The maximum Gasteiger partial charge on any atom is 0.410 e. The van der Waals surface area contributed by atoms with Crippen molar-refractivity contribution in [3.8, 4) is 11.8 Å². The summed E-state index contributed by atoms with van der Waals surface area (Å²) in [6, 6.07) is 4.11. The van der Waals surface area contributed by atoms with Crippen molar-refractivity contribution in [1.82, 2.24) is 14.8 Å². The second-order valence-electron chi connectivity index (χ2n) is 8.88. The van der Waals surface area contributed by atoms with Gasteiger partial charge in [-0.3, -0.25) is 4.90 Å². The molecule has 1 aromatic heterocycles. The number of likely N-dealkylation sites (tertiary alicyclic amines) is 1. The first-order chi connectivity index (χ1) is 14.4. The molecule has 2 fully saturated rings. The molecule has 7 nitrogen and oxygen atoms in total. The van der Waals surface area contributed by atoms with E-state index in [-0.39, 0.29) is 12.1 Å². The molecule has 1 unspecified atom stereocenters. The molecule has 2 aliphatic rings. The van der Waals surface area contributed by atoms with E-state index in [1.807, 2.05) is 37.8 Å². The van der Waals surface area contributed by atoms with E-state index in [0.717, 1.165) is 70.0 Å². The van der Waals surface area contributed by atoms with Crippen LogP contribution in [0.2, 0.25) is 0 Å². The highest BCUT2D eigenvalue weighted by Gasteiger charge is 2.26. The van der Waals surface area contributed by atoms with Gasteiger partial charge in [-0.15, -0.1) is 0 Å². The van der Waals surface area contributed by atoms with Crippen LogP contribution >= 0.6 is 0 Å². The highest BCUT2D eigenvalue weighted by Crippen LogP contribution is 2.19. The quantitative estimate of drug-likeness (QED) is 0.767. The Bertz CT molecular complexity index is 760. The lowest BCUT2D eigenvalue weighted by molar-refractivity contribution is 0.0252. The number of ether oxygens (including phenoxy) is 2. The number of nitrogens with one attached hydrogen (secondary N) is 1. The first kappa shape index (κ1) is 22.4. The number of carbonyl (C=O) groups excluding carboxylic acids is 1. The summed E-state index contributed by atoms with van der Waals surface area (Å²) in [5.41, 5.74) is 1.26. The summed E-state index contributed by atoms with van der Waals surface area (Å²) in [4.78, 5) is 21.0. The molecule has 30 heavy (non-hydrogen) atoms. The van der Waals surface area contributed by atoms with E-state index in [2.05, 4.69) is 27.0 Å². The van der Waals surface area contributed by atoms with Gasteiger partial charge in [0.05, 0.1) is 19.8 Å². The molecule has 3 rings (SSSR count). The van der Waals surface area contributed by atoms with E-state index in [1.54, 1.807) is 6.20 Å². The van der Waals surface area contributed by atoms with E-state index < -0.39 is 5.60 Å². The van der Waals surface area contributed by atoms with Gasteiger partial charge in [0.15, 0.2) is 0 Å². The normalized spacial score (nSPS) is 20.6. The summed E-state index contributed by atoms with van der Waals surface area (Å²) in [6.07, 6.45) is 4.63. The number of carbonyl (C=O) groups is 1. The predicted octanol–water partition coefficient (Wildman–Crippen LogP) is 2.97. The number of anilines is 1. The molecule has 0 aromatic carbocycles. The smallest absolute Gasteiger partial charge is 0.410 e. The Balaban J connectivity index is 1.57. The Morgan fingerprint density at radius 2 is 2.10 bits per heavy atom. The minimum Gasteiger partial charge on any atom is -0.444 e. The number of pyridine rings is 1. The lowest BCUT2D eigenvalue weighted by atomic mass is 10.1. The van der Waals surface area contributed by atoms with Crippen LogP contribution in [0.3, 0.4) is 0 Å². The van der Waals surface area contributed by atoms with Gasteiger partial charge in [0.2, 0.25) is 0 Å². The molecule has 2 saturated heterocycles. The maximum atomic E-state index is 12.5. The van der Waals surface area contributed by atoms with Gasteiger partial charge >= 0.3 is 6.09 Å². The minimum atomic E-state index is -0.480. The predicted molar refractivity (Wildman–Crippen MR) is 117 cm³/mol. The summed E-state index contributed by atoms with van der Waals surface area (Å²) in [6.45, 7) is 11.2. The SMILES string of the molecule is CC(C)(C)OC(=O)N1CCCCC(Nc2ccnc(C#CCN3CCOCC3)c2)C1. The van der Waals surface area contributed by atoms with Gasteiger partial charge < -0.3 is 19.7 Å². The van der Waals surface area contributed by atoms with Gasteiger partial charge in [0.1, 0.15) is 11.3 Å². The van der Waals surface area contributed by atoms with Gasteiger partial charge in [0.25, 0.3) is 0 Å². The second-order valence-corrected chi connectivity index (χ2v) is 8.88. The summed E-state index contributed by atoms with van der Waals surface area (Å²) in [7, 11) is 0. The molecule has 0 saturated carbocycles. The highest BCUT2D eigenvalue weighted by molar-refractivity contribution is 5.68. The van der Waals surface area contributed by atoms with E-state index in [9.17, 15) is 4.79 Å². The zero-order chi connectivity index (χ0) is 21.4. The molecule has 1 N–H and O–H groups in total. The third-order valence-corrected chi connectivity index (χ3v) is 5.08. The molecule has 0 radical (unpaired) electrons. The van der Waals surface area contributed by atoms with E-state index >= 15 is 0 Å². The largest absolute Gasteiger partial charge is 0.444 e. The van der Waals surface area contributed by atoms with Crippen molar-refractivity contribution in [2.75, 3.05) is 51.3 Å². The molecule has 1 aromatic rings. The monoisotopic (exact) mass is 414 g/mol. The molecule has 7 heteroatoms. The van der Waals surface area contributed by atoms with Crippen molar-refractivity contribution in [2.45, 2.75) is 51.7 Å². The van der Waals surface area contributed by atoms with Crippen LogP contribution in [-0.2, 0) is 9.47 Å². The molecule has 3 heterocycles. The molecule has 164 valence electrons.